The number of ether oxygens (including phenoxy) is 2. The van der Waals surface area contributed by atoms with Crippen LogP contribution < -0.4 is 20.3 Å². The van der Waals surface area contributed by atoms with Gasteiger partial charge in [-0.25, -0.2) is 9.78 Å². The van der Waals surface area contributed by atoms with E-state index in [1.165, 1.54) is 18.2 Å². The number of rotatable bonds is 6. The number of hydrogen-bond acceptors (Lipinski definition) is 6. The molecule has 11 heteroatoms. The van der Waals surface area contributed by atoms with E-state index >= 15 is 0 Å². The maximum Gasteiger partial charge on any atom is 0.349 e. The lowest BCUT2D eigenvalue weighted by Gasteiger charge is -2.11. The van der Waals surface area contributed by atoms with Gasteiger partial charge in [0.2, 0.25) is 0 Å². The van der Waals surface area contributed by atoms with E-state index in [1.807, 2.05) is 18.2 Å². The molecule has 0 aliphatic carbocycles. The zero-order valence-corrected chi connectivity index (χ0v) is 20.1. The number of amides is 1. The largest absolute Gasteiger partial charge is 0.493 e. The van der Waals surface area contributed by atoms with Crippen LogP contribution in [-0.2, 0) is 16.1 Å². The van der Waals surface area contributed by atoms with E-state index in [2.05, 4.69) is 10.3 Å². The van der Waals surface area contributed by atoms with Gasteiger partial charge in [0, 0.05) is 17.8 Å². The second-order valence-electron chi connectivity index (χ2n) is 7.51. The third-order valence-electron chi connectivity index (χ3n) is 5.45. The minimum Gasteiger partial charge on any atom is -0.493 e. The van der Waals surface area contributed by atoms with Crippen LogP contribution in [0.1, 0.15) is 17.8 Å². The Hall–Kier alpha value is -3.82. The smallest absolute Gasteiger partial charge is 0.349 e. The number of carboxylic acid groups (broad SMARTS) is 1. The summed E-state index contributed by atoms with van der Waals surface area (Å²) < 4.78 is 12.5. The number of aliphatic carboxylic acids is 1. The van der Waals surface area contributed by atoms with Gasteiger partial charge < -0.3 is 19.9 Å². The van der Waals surface area contributed by atoms with Crippen molar-refractivity contribution in [1.29, 1.82) is 0 Å². The Balaban J connectivity index is 1.75. The summed E-state index contributed by atoms with van der Waals surface area (Å²) in [5, 5.41) is 10.3. The van der Waals surface area contributed by atoms with Crippen molar-refractivity contribution in [3.63, 3.8) is 0 Å². The van der Waals surface area contributed by atoms with Crippen LogP contribution in [0.4, 0.5) is 5.69 Å². The maximum atomic E-state index is 13.1. The summed E-state index contributed by atoms with van der Waals surface area (Å²) in [5.41, 5.74) is 2.03. The molecule has 0 spiro atoms. The second-order valence-corrected chi connectivity index (χ2v) is 8.27. The highest BCUT2D eigenvalue weighted by Gasteiger charge is 2.23. The van der Waals surface area contributed by atoms with Gasteiger partial charge >= 0.3 is 5.97 Å². The number of methoxy groups -OCH3 is 2. The maximum absolute atomic E-state index is 13.1. The first-order valence-corrected chi connectivity index (χ1v) is 11.1. The van der Waals surface area contributed by atoms with E-state index in [0.29, 0.717) is 41.2 Å². The van der Waals surface area contributed by atoms with Crippen molar-refractivity contribution in [3.05, 3.63) is 68.2 Å². The molecule has 0 bridgehead atoms. The van der Waals surface area contributed by atoms with Gasteiger partial charge in [-0.1, -0.05) is 35.3 Å². The number of anilines is 1. The molecule has 9 nitrogen and oxygen atoms in total. The predicted octanol–water partition coefficient (Wildman–Crippen LogP) is 4.07. The number of carbonyl (C=O) groups excluding carboxylic acids is 1. The quantitative estimate of drug-likeness (QED) is 0.474. The highest BCUT2D eigenvalue weighted by Crippen LogP contribution is 2.35. The number of nitrogens with one attached hydrogen (secondary N) is 1. The van der Waals surface area contributed by atoms with Crippen molar-refractivity contribution in [3.8, 4) is 11.5 Å². The highest BCUT2D eigenvalue weighted by atomic mass is 35.5. The molecule has 0 saturated heterocycles. The fourth-order valence-corrected chi connectivity index (χ4v) is 4.04. The van der Waals surface area contributed by atoms with Crippen molar-refractivity contribution >= 4 is 63.3 Å². The number of hydrogen-bond donors (Lipinski definition) is 2. The van der Waals surface area contributed by atoms with Crippen LogP contribution in [0.25, 0.3) is 22.6 Å². The van der Waals surface area contributed by atoms with Crippen LogP contribution in [0.3, 0.4) is 0 Å². The predicted molar refractivity (Wildman–Crippen MR) is 133 cm³/mol. The molecule has 2 aromatic carbocycles. The molecule has 2 heterocycles. The number of benzene rings is 2. The number of fused-ring (bicyclic) bond motifs is 2. The van der Waals surface area contributed by atoms with Gasteiger partial charge in [-0.15, -0.1) is 0 Å². The molecule has 2 N–H and O–H groups in total. The lowest BCUT2D eigenvalue weighted by atomic mass is 10.1. The fraction of sp³-hybridized carbons (Fsp3) is 0.167. The molecule has 1 aromatic heterocycles. The van der Waals surface area contributed by atoms with Crippen LogP contribution in [-0.4, -0.2) is 40.8 Å². The van der Waals surface area contributed by atoms with Gasteiger partial charge in [0.1, 0.15) is 15.9 Å². The van der Waals surface area contributed by atoms with Gasteiger partial charge in [-0.05, 0) is 42.3 Å². The molecule has 180 valence electrons. The monoisotopic (exact) mass is 515 g/mol. The van der Waals surface area contributed by atoms with E-state index < -0.39 is 21.9 Å². The Kier molecular flexibility index (Phi) is 6.81. The van der Waals surface area contributed by atoms with Gasteiger partial charge in [-0.3, -0.25) is 14.2 Å². The van der Waals surface area contributed by atoms with Crippen molar-refractivity contribution in [2.45, 2.75) is 13.0 Å². The fourth-order valence-electron chi connectivity index (χ4n) is 3.83. The molecule has 3 aromatic rings. The molecule has 4 rings (SSSR count). The molecule has 0 unspecified atom stereocenters. The third kappa shape index (κ3) is 4.60. The van der Waals surface area contributed by atoms with E-state index in [-0.39, 0.29) is 11.2 Å². The van der Waals surface area contributed by atoms with Crippen molar-refractivity contribution in [2.24, 2.45) is 0 Å². The van der Waals surface area contributed by atoms with Gasteiger partial charge in [0.25, 0.3) is 11.5 Å². The average Bonchev–Trinajstić information content (AvgIpc) is 3.25. The van der Waals surface area contributed by atoms with E-state index in [1.54, 1.807) is 24.9 Å². The summed E-state index contributed by atoms with van der Waals surface area (Å²) in [6.07, 6.45) is 2.50. The van der Waals surface area contributed by atoms with E-state index in [0.717, 1.165) is 11.1 Å². The zero-order valence-electron chi connectivity index (χ0n) is 18.6. The average molecular weight is 516 g/mol. The Morgan fingerprint density at radius 2 is 1.91 bits per heavy atom. The van der Waals surface area contributed by atoms with Crippen LogP contribution in [0.15, 0.2) is 51.3 Å². The molecular weight excluding hydrogens is 497 g/mol. The SMILES string of the molecule is COc1cccc(C=C2CCn3c2nc2cc(NC(=O)/C(Cl)=C(/Cl)C(=O)O)ccc2c3=O)c1OC. The van der Waals surface area contributed by atoms with Crippen molar-refractivity contribution in [2.75, 3.05) is 19.5 Å². The van der Waals surface area contributed by atoms with Crippen molar-refractivity contribution in [1.82, 2.24) is 9.55 Å². The molecular formula is C24H19Cl2N3O6. The van der Waals surface area contributed by atoms with Gasteiger partial charge in [-0.2, -0.15) is 0 Å². The molecule has 1 amide bonds. The van der Waals surface area contributed by atoms with Crippen LogP contribution >= 0.6 is 23.2 Å². The number of aromatic nitrogens is 2. The lowest BCUT2D eigenvalue weighted by Crippen LogP contribution is -2.21. The Labute approximate surface area is 209 Å². The first-order valence-electron chi connectivity index (χ1n) is 10.3. The number of carbonyl (C=O) groups is 2. The number of halogens is 2. The summed E-state index contributed by atoms with van der Waals surface area (Å²) in [6.45, 7) is 0.474. The number of nitrogens with zero attached hydrogens (tertiary/aromatic N) is 2. The number of carboxylic acids is 1. The van der Waals surface area contributed by atoms with Crippen LogP contribution in [0, 0.1) is 0 Å². The zero-order chi connectivity index (χ0) is 25.3. The summed E-state index contributed by atoms with van der Waals surface area (Å²) >= 11 is 11.3. The van der Waals surface area contributed by atoms with Crippen LogP contribution in [0.2, 0.25) is 0 Å². The topological polar surface area (TPSA) is 120 Å². The first-order chi connectivity index (χ1) is 16.7. The summed E-state index contributed by atoms with van der Waals surface area (Å²) in [5.74, 6) is -0.772. The molecule has 0 atom stereocenters. The standard InChI is InChI=1S/C24H19Cl2N3O6/c1-34-17-5-3-4-12(20(17)35-2)10-13-8-9-29-21(13)28-16-11-14(6-7-15(16)23(29)31)27-22(30)18(25)19(26)24(32)33/h3-7,10-11H,8-9H2,1-2H3,(H,27,30)(H,32,33)/b13-10?,19-18-. The summed E-state index contributed by atoms with van der Waals surface area (Å²) in [7, 11) is 3.11. The van der Waals surface area contributed by atoms with E-state index in [9.17, 15) is 14.4 Å². The lowest BCUT2D eigenvalue weighted by molar-refractivity contribution is -0.132. The Bertz CT molecular complexity index is 1490. The van der Waals surface area contributed by atoms with Gasteiger partial charge in [0.15, 0.2) is 11.5 Å². The minimum atomic E-state index is -1.53. The Morgan fingerprint density at radius 1 is 1.14 bits per heavy atom. The molecule has 1 aliphatic rings. The molecule has 0 saturated carbocycles. The summed E-state index contributed by atoms with van der Waals surface area (Å²) in [4.78, 5) is 41.0. The molecule has 0 fully saturated rings. The molecule has 35 heavy (non-hydrogen) atoms. The highest BCUT2D eigenvalue weighted by molar-refractivity contribution is 6.54. The molecule has 1 aliphatic heterocycles. The third-order valence-corrected chi connectivity index (χ3v) is 6.26. The van der Waals surface area contributed by atoms with Crippen molar-refractivity contribution < 1.29 is 24.2 Å². The second kappa shape index (κ2) is 9.81. The first kappa shape index (κ1) is 24.3. The van der Waals surface area contributed by atoms with Crippen LogP contribution in [0.5, 0.6) is 11.5 Å². The molecule has 0 radical (unpaired) electrons. The van der Waals surface area contributed by atoms with Gasteiger partial charge in [0.05, 0.1) is 25.1 Å². The Morgan fingerprint density at radius 3 is 2.60 bits per heavy atom. The number of para-hydroxylation sites is 1. The minimum absolute atomic E-state index is 0.212. The van der Waals surface area contributed by atoms with E-state index in [4.69, 9.17) is 37.8 Å². The summed E-state index contributed by atoms with van der Waals surface area (Å²) in [6, 6.07) is 10.1. The normalized spacial score (nSPS) is 14.5. The number of allylic oxidation sites excluding steroid dienone is 1.